The SMILES string of the molecule is CN(Cc1ncn[nH]1)C(=O)CSc1ccccc1. The second-order valence-corrected chi connectivity index (χ2v) is 4.83. The van der Waals surface area contributed by atoms with Crippen LogP contribution in [0.3, 0.4) is 0 Å². The Balaban J connectivity index is 1.81. The third-order valence-corrected chi connectivity index (χ3v) is 3.38. The van der Waals surface area contributed by atoms with Crippen molar-refractivity contribution in [1.82, 2.24) is 20.1 Å². The first kappa shape index (κ1) is 12.6. The summed E-state index contributed by atoms with van der Waals surface area (Å²) in [6.45, 7) is 0.453. The highest BCUT2D eigenvalue weighted by Gasteiger charge is 2.10. The van der Waals surface area contributed by atoms with Gasteiger partial charge in [0.15, 0.2) is 0 Å². The van der Waals surface area contributed by atoms with Crippen LogP contribution in [0.25, 0.3) is 0 Å². The Bertz CT molecular complexity index is 486. The second kappa shape index (κ2) is 6.20. The number of aromatic amines is 1. The van der Waals surface area contributed by atoms with E-state index in [2.05, 4.69) is 15.2 Å². The second-order valence-electron chi connectivity index (χ2n) is 3.78. The normalized spacial score (nSPS) is 10.3. The van der Waals surface area contributed by atoms with E-state index in [4.69, 9.17) is 0 Å². The van der Waals surface area contributed by atoms with Crippen molar-refractivity contribution in [3.63, 3.8) is 0 Å². The number of hydrogen-bond donors (Lipinski definition) is 1. The Labute approximate surface area is 110 Å². The highest BCUT2D eigenvalue weighted by Crippen LogP contribution is 2.17. The van der Waals surface area contributed by atoms with Crippen molar-refractivity contribution in [1.29, 1.82) is 0 Å². The van der Waals surface area contributed by atoms with Gasteiger partial charge in [0, 0.05) is 11.9 Å². The van der Waals surface area contributed by atoms with E-state index in [-0.39, 0.29) is 5.91 Å². The lowest BCUT2D eigenvalue weighted by atomic mass is 10.4. The van der Waals surface area contributed by atoms with Crippen molar-refractivity contribution in [3.05, 3.63) is 42.5 Å². The van der Waals surface area contributed by atoms with Gasteiger partial charge in [0.25, 0.3) is 0 Å². The van der Waals surface area contributed by atoms with Gasteiger partial charge >= 0.3 is 0 Å². The van der Waals surface area contributed by atoms with Crippen molar-refractivity contribution in [3.8, 4) is 0 Å². The molecule has 2 rings (SSSR count). The summed E-state index contributed by atoms with van der Waals surface area (Å²) < 4.78 is 0. The van der Waals surface area contributed by atoms with Gasteiger partial charge in [-0.3, -0.25) is 9.89 Å². The smallest absolute Gasteiger partial charge is 0.233 e. The van der Waals surface area contributed by atoms with Gasteiger partial charge in [-0.1, -0.05) is 18.2 Å². The van der Waals surface area contributed by atoms with Crippen molar-refractivity contribution in [2.75, 3.05) is 12.8 Å². The van der Waals surface area contributed by atoms with Crippen molar-refractivity contribution >= 4 is 17.7 Å². The van der Waals surface area contributed by atoms with Crippen LogP contribution < -0.4 is 0 Å². The lowest BCUT2D eigenvalue weighted by Crippen LogP contribution is -2.28. The largest absolute Gasteiger partial charge is 0.338 e. The molecule has 2 aromatic rings. The van der Waals surface area contributed by atoms with Gasteiger partial charge in [0.1, 0.15) is 12.2 Å². The molecule has 0 aliphatic carbocycles. The van der Waals surface area contributed by atoms with E-state index < -0.39 is 0 Å². The lowest BCUT2D eigenvalue weighted by Gasteiger charge is -2.15. The minimum atomic E-state index is 0.0697. The van der Waals surface area contributed by atoms with Gasteiger partial charge in [-0.2, -0.15) is 5.10 Å². The highest BCUT2D eigenvalue weighted by molar-refractivity contribution is 8.00. The summed E-state index contributed by atoms with van der Waals surface area (Å²) in [6.07, 6.45) is 1.44. The van der Waals surface area contributed by atoms with Crippen LogP contribution in [0, 0.1) is 0 Å². The zero-order chi connectivity index (χ0) is 12.8. The average molecular weight is 262 g/mol. The van der Waals surface area contributed by atoms with Crippen LogP contribution in [-0.2, 0) is 11.3 Å². The molecule has 0 spiro atoms. The number of rotatable bonds is 5. The first-order valence-corrected chi connectivity index (χ1v) is 6.50. The number of hydrogen-bond acceptors (Lipinski definition) is 4. The number of carbonyl (C=O) groups is 1. The summed E-state index contributed by atoms with van der Waals surface area (Å²) in [7, 11) is 1.76. The Kier molecular flexibility index (Phi) is 4.35. The van der Waals surface area contributed by atoms with Crippen molar-refractivity contribution in [2.45, 2.75) is 11.4 Å². The molecule has 0 atom stereocenters. The van der Waals surface area contributed by atoms with Crippen molar-refractivity contribution in [2.24, 2.45) is 0 Å². The molecule has 1 aromatic carbocycles. The van der Waals surface area contributed by atoms with Gasteiger partial charge in [0.05, 0.1) is 12.3 Å². The summed E-state index contributed by atoms with van der Waals surface area (Å²) in [5, 5.41) is 6.48. The Morgan fingerprint density at radius 3 is 2.83 bits per heavy atom. The number of thioether (sulfide) groups is 1. The van der Waals surface area contributed by atoms with E-state index in [1.54, 1.807) is 11.9 Å². The molecule has 0 saturated carbocycles. The molecule has 0 bridgehead atoms. The topological polar surface area (TPSA) is 61.9 Å². The van der Waals surface area contributed by atoms with Gasteiger partial charge in [-0.15, -0.1) is 11.8 Å². The van der Waals surface area contributed by atoms with E-state index in [1.165, 1.54) is 18.1 Å². The highest BCUT2D eigenvalue weighted by atomic mass is 32.2. The minimum Gasteiger partial charge on any atom is -0.338 e. The molecule has 1 aromatic heterocycles. The van der Waals surface area contributed by atoms with E-state index in [0.29, 0.717) is 18.1 Å². The molecular formula is C12H14N4OS. The maximum atomic E-state index is 11.9. The molecule has 0 fully saturated rings. The van der Waals surface area contributed by atoms with Gasteiger partial charge < -0.3 is 4.90 Å². The first-order chi connectivity index (χ1) is 8.75. The van der Waals surface area contributed by atoms with E-state index in [9.17, 15) is 4.79 Å². The molecule has 0 saturated heterocycles. The fourth-order valence-corrected chi connectivity index (χ4v) is 2.25. The van der Waals surface area contributed by atoms with Crippen molar-refractivity contribution < 1.29 is 4.79 Å². The molecule has 0 aliphatic heterocycles. The summed E-state index contributed by atoms with van der Waals surface area (Å²) in [4.78, 5) is 18.6. The third-order valence-electron chi connectivity index (χ3n) is 2.38. The summed E-state index contributed by atoms with van der Waals surface area (Å²) in [5.74, 6) is 1.19. The summed E-state index contributed by atoms with van der Waals surface area (Å²) in [6, 6.07) is 9.88. The van der Waals surface area contributed by atoms with E-state index >= 15 is 0 Å². The summed E-state index contributed by atoms with van der Waals surface area (Å²) in [5.41, 5.74) is 0. The predicted octanol–water partition coefficient (Wildman–Crippen LogP) is 1.56. The molecule has 1 heterocycles. The monoisotopic (exact) mass is 262 g/mol. The Morgan fingerprint density at radius 2 is 2.17 bits per heavy atom. The van der Waals surface area contributed by atoms with E-state index in [1.807, 2.05) is 30.3 Å². The predicted molar refractivity (Wildman–Crippen MR) is 70.0 cm³/mol. The first-order valence-electron chi connectivity index (χ1n) is 5.52. The average Bonchev–Trinajstić information content (AvgIpc) is 2.90. The molecule has 18 heavy (non-hydrogen) atoms. The number of amides is 1. The number of benzene rings is 1. The maximum Gasteiger partial charge on any atom is 0.233 e. The van der Waals surface area contributed by atoms with Gasteiger partial charge in [0.2, 0.25) is 5.91 Å². The van der Waals surface area contributed by atoms with Crippen LogP contribution in [-0.4, -0.2) is 38.8 Å². The fourth-order valence-electron chi connectivity index (χ4n) is 1.39. The van der Waals surface area contributed by atoms with Crippen LogP contribution >= 0.6 is 11.8 Å². The van der Waals surface area contributed by atoms with Crippen LogP contribution in [0.4, 0.5) is 0 Å². The standard InChI is InChI=1S/C12H14N4OS/c1-16(7-11-13-9-14-15-11)12(17)8-18-10-5-3-2-4-6-10/h2-6,9H,7-8H2,1H3,(H,13,14,15). The molecule has 1 N–H and O–H groups in total. The van der Waals surface area contributed by atoms with Crippen LogP contribution in [0.15, 0.2) is 41.6 Å². The Hall–Kier alpha value is -1.82. The number of nitrogens with one attached hydrogen (secondary N) is 1. The third kappa shape index (κ3) is 3.59. The van der Waals surface area contributed by atoms with Gasteiger partial charge in [-0.05, 0) is 12.1 Å². The van der Waals surface area contributed by atoms with Crippen LogP contribution in [0.5, 0.6) is 0 Å². The number of carbonyl (C=O) groups excluding carboxylic acids is 1. The van der Waals surface area contributed by atoms with Gasteiger partial charge in [-0.25, -0.2) is 4.98 Å². The minimum absolute atomic E-state index is 0.0697. The maximum absolute atomic E-state index is 11.9. The molecule has 0 radical (unpaired) electrons. The molecule has 6 heteroatoms. The number of H-pyrrole nitrogens is 1. The quantitative estimate of drug-likeness (QED) is 0.831. The molecule has 94 valence electrons. The van der Waals surface area contributed by atoms with Crippen LogP contribution in [0.1, 0.15) is 5.82 Å². The molecule has 5 nitrogen and oxygen atoms in total. The molecule has 0 unspecified atom stereocenters. The number of aromatic nitrogens is 3. The fraction of sp³-hybridized carbons (Fsp3) is 0.250. The zero-order valence-electron chi connectivity index (χ0n) is 10.0. The zero-order valence-corrected chi connectivity index (χ0v) is 10.9. The molecular weight excluding hydrogens is 248 g/mol. The Morgan fingerprint density at radius 1 is 1.39 bits per heavy atom. The van der Waals surface area contributed by atoms with Crippen LogP contribution in [0.2, 0.25) is 0 Å². The lowest BCUT2D eigenvalue weighted by molar-refractivity contribution is -0.127. The molecule has 0 aliphatic rings. The molecule has 1 amide bonds. The number of nitrogens with zero attached hydrogens (tertiary/aromatic N) is 3. The summed E-state index contributed by atoms with van der Waals surface area (Å²) >= 11 is 1.53. The van der Waals surface area contributed by atoms with E-state index in [0.717, 1.165) is 4.90 Å².